The van der Waals surface area contributed by atoms with E-state index in [0.29, 0.717) is 31.2 Å². The summed E-state index contributed by atoms with van der Waals surface area (Å²) in [6.07, 6.45) is 2.54. The van der Waals surface area contributed by atoms with Crippen LogP contribution in [0, 0.1) is 5.82 Å². The van der Waals surface area contributed by atoms with E-state index in [0.717, 1.165) is 6.42 Å². The predicted octanol–water partition coefficient (Wildman–Crippen LogP) is 2.57. The Labute approximate surface area is 134 Å². The van der Waals surface area contributed by atoms with Gasteiger partial charge in [0.25, 0.3) is 5.91 Å². The Bertz CT molecular complexity index is 575. The molecule has 2 saturated heterocycles. The minimum absolute atomic E-state index is 0.0797. The maximum absolute atomic E-state index is 14.2. The van der Waals surface area contributed by atoms with Crippen LogP contribution >= 0.6 is 11.8 Å². The topological polar surface area (TPSA) is 38.8 Å². The smallest absolute Gasteiger partial charge is 0.258 e. The van der Waals surface area contributed by atoms with Gasteiger partial charge in [-0.05, 0) is 25.3 Å². The molecule has 2 aliphatic rings. The summed E-state index contributed by atoms with van der Waals surface area (Å²) >= 11 is 1.38. The van der Waals surface area contributed by atoms with Crippen molar-refractivity contribution < 1.29 is 18.7 Å². The van der Waals surface area contributed by atoms with Crippen LogP contribution < -0.4 is 0 Å². The summed E-state index contributed by atoms with van der Waals surface area (Å²) in [5.41, 5.74) is -0.267. The second-order valence-corrected chi connectivity index (χ2v) is 6.76. The summed E-state index contributed by atoms with van der Waals surface area (Å²) in [4.78, 5) is 15.2. The lowest BCUT2D eigenvalue weighted by atomic mass is 9.98. The van der Waals surface area contributed by atoms with E-state index in [2.05, 4.69) is 0 Å². The first-order chi connectivity index (χ1) is 10.5. The van der Waals surface area contributed by atoms with E-state index >= 15 is 0 Å². The zero-order chi connectivity index (χ0) is 15.7. The molecule has 22 heavy (non-hydrogen) atoms. The number of amides is 1. The zero-order valence-corrected chi connectivity index (χ0v) is 13.6. The molecule has 0 bridgehead atoms. The Kier molecular flexibility index (Phi) is 4.43. The van der Waals surface area contributed by atoms with Gasteiger partial charge in [0, 0.05) is 24.5 Å². The average Bonchev–Trinajstić information content (AvgIpc) is 2.92. The highest BCUT2D eigenvalue weighted by molar-refractivity contribution is 7.98. The Morgan fingerprint density at radius 3 is 3.00 bits per heavy atom. The van der Waals surface area contributed by atoms with Crippen LogP contribution in [-0.2, 0) is 9.47 Å². The molecule has 1 amide bonds. The molecule has 6 heteroatoms. The van der Waals surface area contributed by atoms with Gasteiger partial charge in [-0.15, -0.1) is 11.8 Å². The molecule has 0 radical (unpaired) electrons. The number of ether oxygens (including phenoxy) is 2. The molecule has 0 N–H and O–H groups in total. The van der Waals surface area contributed by atoms with Crippen LogP contribution in [0.15, 0.2) is 23.1 Å². The number of thioether (sulfide) groups is 1. The van der Waals surface area contributed by atoms with Gasteiger partial charge in [-0.2, -0.15) is 0 Å². The van der Waals surface area contributed by atoms with Crippen molar-refractivity contribution in [1.82, 2.24) is 4.90 Å². The fourth-order valence-electron chi connectivity index (χ4n) is 3.23. The maximum Gasteiger partial charge on any atom is 0.258 e. The van der Waals surface area contributed by atoms with E-state index in [1.807, 2.05) is 13.2 Å². The highest BCUT2D eigenvalue weighted by atomic mass is 32.2. The Morgan fingerprint density at radius 2 is 2.32 bits per heavy atom. The van der Waals surface area contributed by atoms with E-state index in [-0.39, 0.29) is 17.6 Å². The average molecular weight is 325 g/mol. The number of hydrogen-bond acceptors (Lipinski definition) is 4. The van der Waals surface area contributed by atoms with Gasteiger partial charge in [0.1, 0.15) is 11.4 Å². The number of hydrogen-bond donors (Lipinski definition) is 0. The molecular formula is C16H20FNO3S. The summed E-state index contributed by atoms with van der Waals surface area (Å²) in [5.74, 6) is -0.725. The van der Waals surface area contributed by atoms with Crippen LogP contribution in [-0.4, -0.2) is 55.1 Å². The molecule has 2 heterocycles. The molecule has 3 rings (SSSR count). The molecule has 2 fully saturated rings. The molecule has 2 atom stereocenters. The van der Waals surface area contributed by atoms with Crippen LogP contribution in [0.1, 0.15) is 23.7 Å². The molecule has 0 aromatic heterocycles. The van der Waals surface area contributed by atoms with Crippen LogP contribution in [0.4, 0.5) is 4.39 Å². The van der Waals surface area contributed by atoms with Gasteiger partial charge >= 0.3 is 0 Å². The minimum Gasteiger partial charge on any atom is -0.378 e. The second-order valence-electron chi connectivity index (χ2n) is 5.92. The summed E-state index contributed by atoms with van der Waals surface area (Å²) in [6.45, 7) is 4.01. The number of halogens is 1. The molecule has 2 aliphatic heterocycles. The lowest BCUT2D eigenvalue weighted by Gasteiger charge is -2.43. The number of rotatable bonds is 2. The van der Waals surface area contributed by atoms with Crippen molar-refractivity contribution in [2.45, 2.75) is 29.9 Å². The van der Waals surface area contributed by atoms with Crippen LogP contribution in [0.25, 0.3) is 0 Å². The third kappa shape index (κ3) is 2.87. The van der Waals surface area contributed by atoms with E-state index < -0.39 is 11.4 Å². The Hall–Kier alpha value is -1.11. The molecule has 0 saturated carbocycles. The summed E-state index contributed by atoms with van der Waals surface area (Å²) in [7, 11) is 0. The lowest BCUT2D eigenvalue weighted by molar-refractivity contribution is -0.138. The highest BCUT2D eigenvalue weighted by Crippen LogP contribution is 2.32. The quantitative estimate of drug-likeness (QED) is 0.784. The molecule has 1 aromatic carbocycles. The highest BCUT2D eigenvalue weighted by Gasteiger charge is 2.44. The van der Waals surface area contributed by atoms with Crippen molar-refractivity contribution in [2.75, 3.05) is 32.6 Å². The van der Waals surface area contributed by atoms with Crippen LogP contribution in [0.5, 0.6) is 0 Å². The van der Waals surface area contributed by atoms with Gasteiger partial charge in [0.05, 0.1) is 24.8 Å². The Balaban J connectivity index is 1.88. The van der Waals surface area contributed by atoms with Gasteiger partial charge in [0.15, 0.2) is 0 Å². The van der Waals surface area contributed by atoms with Crippen molar-refractivity contribution in [3.8, 4) is 0 Å². The SMILES string of the molecule is CSc1cccc(F)c1C(=O)N1CC(C)OC2(CCOC2)C1. The fraction of sp³-hybridized carbons (Fsp3) is 0.562. The van der Waals surface area contributed by atoms with Gasteiger partial charge in [0.2, 0.25) is 0 Å². The normalized spacial score (nSPS) is 28.3. The standard InChI is InChI=1S/C16H20FNO3S/c1-11-8-18(9-16(21-11)6-7-20-10-16)15(19)14-12(17)4-3-5-13(14)22-2/h3-5,11H,6-10H2,1-2H3. The van der Waals surface area contributed by atoms with Gasteiger partial charge < -0.3 is 14.4 Å². The second kappa shape index (κ2) is 6.18. The first kappa shape index (κ1) is 15.8. The van der Waals surface area contributed by atoms with E-state index in [4.69, 9.17) is 9.47 Å². The molecule has 4 nitrogen and oxygen atoms in total. The third-order valence-corrected chi connectivity index (χ3v) is 4.95. The minimum atomic E-state index is -0.465. The molecule has 1 aromatic rings. The molecule has 2 unspecified atom stereocenters. The van der Waals surface area contributed by atoms with E-state index in [9.17, 15) is 9.18 Å². The van der Waals surface area contributed by atoms with Crippen molar-refractivity contribution >= 4 is 17.7 Å². The maximum atomic E-state index is 14.2. The van der Waals surface area contributed by atoms with Crippen molar-refractivity contribution in [3.63, 3.8) is 0 Å². The molecule has 120 valence electrons. The molecule has 1 spiro atoms. The predicted molar refractivity (Wildman–Crippen MR) is 82.8 cm³/mol. The number of carbonyl (C=O) groups excluding carboxylic acids is 1. The van der Waals surface area contributed by atoms with Gasteiger partial charge in [-0.25, -0.2) is 4.39 Å². The number of nitrogens with zero attached hydrogens (tertiary/aromatic N) is 1. The summed E-state index contributed by atoms with van der Waals surface area (Å²) in [5, 5.41) is 0. The molecule has 0 aliphatic carbocycles. The summed E-state index contributed by atoms with van der Waals surface area (Å²) in [6, 6.07) is 4.75. The lowest BCUT2D eigenvalue weighted by Crippen LogP contribution is -2.57. The van der Waals surface area contributed by atoms with Crippen molar-refractivity contribution in [2.24, 2.45) is 0 Å². The largest absolute Gasteiger partial charge is 0.378 e. The van der Waals surface area contributed by atoms with Gasteiger partial charge in [-0.3, -0.25) is 4.79 Å². The first-order valence-electron chi connectivity index (χ1n) is 7.42. The zero-order valence-electron chi connectivity index (χ0n) is 12.8. The number of carbonyl (C=O) groups is 1. The monoisotopic (exact) mass is 325 g/mol. The number of morpholine rings is 1. The van der Waals surface area contributed by atoms with E-state index in [1.165, 1.54) is 17.8 Å². The Morgan fingerprint density at radius 1 is 1.50 bits per heavy atom. The van der Waals surface area contributed by atoms with Crippen LogP contribution in [0.3, 0.4) is 0 Å². The fourth-order valence-corrected chi connectivity index (χ4v) is 3.83. The van der Waals surface area contributed by atoms with Crippen LogP contribution in [0.2, 0.25) is 0 Å². The van der Waals surface area contributed by atoms with Crippen molar-refractivity contribution in [3.05, 3.63) is 29.6 Å². The van der Waals surface area contributed by atoms with Gasteiger partial charge in [-0.1, -0.05) is 6.07 Å². The first-order valence-corrected chi connectivity index (χ1v) is 8.64. The summed E-state index contributed by atoms with van der Waals surface area (Å²) < 4.78 is 25.7. The van der Waals surface area contributed by atoms with Crippen molar-refractivity contribution in [1.29, 1.82) is 0 Å². The third-order valence-electron chi connectivity index (χ3n) is 4.17. The van der Waals surface area contributed by atoms with E-state index in [1.54, 1.807) is 17.0 Å². The molecular weight excluding hydrogens is 305 g/mol. The number of benzene rings is 1.